The predicted octanol–water partition coefficient (Wildman–Crippen LogP) is 2.47. The van der Waals surface area contributed by atoms with Crippen LogP contribution in [0, 0.1) is 6.92 Å². The number of rotatable bonds is 4. The van der Waals surface area contributed by atoms with Crippen LogP contribution in [0.5, 0.6) is 0 Å². The van der Waals surface area contributed by atoms with Crippen LogP contribution >= 0.6 is 0 Å². The van der Waals surface area contributed by atoms with Crippen LogP contribution in [0.25, 0.3) is 0 Å². The highest BCUT2D eigenvalue weighted by Crippen LogP contribution is 2.18. The molecule has 0 aliphatic rings. The lowest BCUT2D eigenvalue weighted by molar-refractivity contribution is 0.199. The van der Waals surface area contributed by atoms with Crippen molar-refractivity contribution in [3.8, 4) is 0 Å². The first-order valence-corrected chi connectivity index (χ1v) is 6.34. The second-order valence-electron chi connectivity index (χ2n) is 4.75. The van der Waals surface area contributed by atoms with Crippen LogP contribution in [0.3, 0.4) is 0 Å². The van der Waals surface area contributed by atoms with E-state index >= 15 is 0 Å². The van der Waals surface area contributed by atoms with Gasteiger partial charge in [0.25, 0.3) is 0 Å². The summed E-state index contributed by atoms with van der Waals surface area (Å²) in [5.74, 6) is 0.835. The Morgan fingerprint density at radius 3 is 2.79 bits per heavy atom. The molecule has 0 unspecified atom stereocenters. The lowest BCUT2D eigenvalue weighted by Crippen LogP contribution is -2.18. The minimum absolute atomic E-state index is 0.479. The second kappa shape index (κ2) is 5.80. The molecule has 2 rings (SSSR count). The lowest BCUT2D eigenvalue weighted by Gasteiger charge is -2.19. The lowest BCUT2D eigenvalue weighted by atomic mass is 10.1. The van der Waals surface area contributed by atoms with Crippen molar-refractivity contribution in [1.82, 2.24) is 9.97 Å². The van der Waals surface area contributed by atoms with E-state index in [2.05, 4.69) is 9.97 Å². The third-order valence-electron chi connectivity index (χ3n) is 2.99. The van der Waals surface area contributed by atoms with Gasteiger partial charge in [0.1, 0.15) is 5.82 Å². The van der Waals surface area contributed by atoms with Crippen LogP contribution in [0.15, 0.2) is 36.5 Å². The number of hydrogen-bond acceptors (Lipinski definition) is 4. The van der Waals surface area contributed by atoms with E-state index < -0.39 is 6.10 Å². The molecule has 1 N–H and O–H groups in total. The molecule has 0 saturated heterocycles. The molecule has 2 aromatic heterocycles. The van der Waals surface area contributed by atoms with Crippen LogP contribution in [-0.2, 0) is 6.54 Å². The highest BCUT2D eigenvalue weighted by Gasteiger charge is 2.07. The summed E-state index contributed by atoms with van der Waals surface area (Å²) in [6, 6.07) is 9.72. The molecule has 19 heavy (non-hydrogen) atoms. The van der Waals surface area contributed by atoms with E-state index in [4.69, 9.17) is 0 Å². The number of hydrogen-bond donors (Lipinski definition) is 1. The number of pyridine rings is 2. The van der Waals surface area contributed by atoms with Gasteiger partial charge >= 0.3 is 0 Å². The van der Waals surface area contributed by atoms with Gasteiger partial charge in [-0.3, -0.25) is 4.98 Å². The number of aliphatic hydroxyl groups is 1. The van der Waals surface area contributed by atoms with Crippen molar-refractivity contribution in [3.05, 3.63) is 53.5 Å². The Kier molecular flexibility index (Phi) is 4.12. The van der Waals surface area contributed by atoms with Crippen molar-refractivity contribution in [2.24, 2.45) is 0 Å². The molecule has 0 saturated carbocycles. The average Bonchev–Trinajstić information content (AvgIpc) is 2.39. The maximum absolute atomic E-state index is 9.60. The number of aromatic nitrogens is 2. The summed E-state index contributed by atoms with van der Waals surface area (Å²) >= 11 is 0. The van der Waals surface area contributed by atoms with E-state index in [0.717, 1.165) is 22.8 Å². The van der Waals surface area contributed by atoms with Crippen molar-refractivity contribution in [1.29, 1.82) is 0 Å². The first-order chi connectivity index (χ1) is 9.06. The molecule has 100 valence electrons. The SMILES string of the molecule is Cc1cccc(CN(C)c2cc([C@@H](C)O)ccn2)n1. The second-order valence-corrected chi connectivity index (χ2v) is 4.75. The van der Waals surface area contributed by atoms with Gasteiger partial charge in [0.15, 0.2) is 0 Å². The molecule has 0 aliphatic heterocycles. The van der Waals surface area contributed by atoms with Crippen LogP contribution in [0.1, 0.15) is 30.0 Å². The van der Waals surface area contributed by atoms with Crippen molar-refractivity contribution in [2.75, 3.05) is 11.9 Å². The fourth-order valence-corrected chi connectivity index (χ4v) is 1.91. The Hall–Kier alpha value is -1.94. The first-order valence-electron chi connectivity index (χ1n) is 6.34. The molecule has 0 radical (unpaired) electrons. The fourth-order valence-electron chi connectivity index (χ4n) is 1.91. The van der Waals surface area contributed by atoms with E-state index in [1.165, 1.54) is 0 Å². The van der Waals surface area contributed by atoms with Gasteiger partial charge in [0, 0.05) is 18.9 Å². The van der Waals surface area contributed by atoms with E-state index in [-0.39, 0.29) is 0 Å². The van der Waals surface area contributed by atoms with E-state index in [1.807, 2.05) is 49.2 Å². The van der Waals surface area contributed by atoms with Crippen molar-refractivity contribution in [2.45, 2.75) is 26.5 Å². The Bertz CT molecular complexity index is 555. The highest BCUT2D eigenvalue weighted by molar-refractivity contribution is 5.41. The molecule has 2 heterocycles. The average molecular weight is 257 g/mol. The van der Waals surface area contributed by atoms with E-state index in [1.54, 1.807) is 13.1 Å². The van der Waals surface area contributed by atoms with Crippen molar-refractivity contribution in [3.63, 3.8) is 0 Å². The molecule has 0 amide bonds. The van der Waals surface area contributed by atoms with E-state index in [0.29, 0.717) is 6.54 Å². The maximum atomic E-state index is 9.60. The molecule has 0 spiro atoms. The molecule has 0 aliphatic carbocycles. The Balaban J connectivity index is 2.15. The minimum atomic E-state index is -0.479. The quantitative estimate of drug-likeness (QED) is 0.914. The smallest absolute Gasteiger partial charge is 0.128 e. The molecule has 1 atom stereocenters. The molecule has 0 aromatic carbocycles. The van der Waals surface area contributed by atoms with Gasteiger partial charge in [-0.1, -0.05) is 6.07 Å². The van der Waals surface area contributed by atoms with Crippen LogP contribution in [0.2, 0.25) is 0 Å². The standard InChI is InChI=1S/C15H19N3O/c1-11-5-4-6-14(17-11)10-18(3)15-9-13(12(2)19)7-8-16-15/h4-9,12,19H,10H2,1-3H3/t12-/m1/s1. The van der Waals surface area contributed by atoms with Gasteiger partial charge in [0.05, 0.1) is 18.3 Å². The monoisotopic (exact) mass is 257 g/mol. The summed E-state index contributed by atoms with van der Waals surface area (Å²) in [6.07, 6.45) is 1.24. The first kappa shape index (κ1) is 13.5. The molecule has 2 aromatic rings. The molecular formula is C15H19N3O. The summed E-state index contributed by atoms with van der Waals surface area (Å²) in [7, 11) is 1.97. The number of anilines is 1. The molecule has 4 heteroatoms. The summed E-state index contributed by atoms with van der Waals surface area (Å²) in [6.45, 7) is 4.43. The molecule has 0 fully saturated rings. The normalized spacial score (nSPS) is 12.2. The topological polar surface area (TPSA) is 49.2 Å². The Morgan fingerprint density at radius 2 is 2.11 bits per heavy atom. The third kappa shape index (κ3) is 3.51. The van der Waals surface area contributed by atoms with Crippen molar-refractivity contribution < 1.29 is 5.11 Å². The van der Waals surface area contributed by atoms with Gasteiger partial charge in [-0.15, -0.1) is 0 Å². The van der Waals surface area contributed by atoms with Crippen LogP contribution in [-0.4, -0.2) is 22.1 Å². The predicted molar refractivity (Wildman–Crippen MR) is 76.0 cm³/mol. The molecule has 0 bridgehead atoms. The Morgan fingerprint density at radius 1 is 1.32 bits per heavy atom. The summed E-state index contributed by atoms with van der Waals surface area (Å²) in [4.78, 5) is 10.8. The van der Waals surface area contributed by atoms with Gasteiger partial charge in [0.2, 0.25) is 0 Å². The van der Waals surface area contributed by atoms with Gasteiger partial charge in [-0.2, -0.15) is 0 Å². The van der Waals surface area contributed by atoms with Crippen LogP contribution in [0.4, 0.5) is 5.82 Å². The third-order valence-corrected chi connectivity index (χ3v) is 2.99. The summed E-state index contributed by atoms with van der Waals surface area (Å²) < 4.78 is 0. The van der Waals surface area contributed by atoms with E-state index in [9.17, 15) is 5.11 Å². The zero-order valence-corrected chi connectivity index (χ0v) is 11.5. The van der Waals surface area contributed by atoms with Crippen molar-refractivity contribution >= 4 is 5.82 Å². The molecule has 4 nitrogen and oxygen atoms in total. The maximum Gasteiger partial charge on any atom is 0.128 e. The largest absolute Gasteiger partial charge is 0.389 e. The number of nitrogens with zero attached hydrogens (tertiary/aromatic N) is 3. The van der Waals surface area contributed by atoms with Gasteiger partial charge in [-0.25, -0.2) is 4.98 Å². The minimum Gasteiger partial charge on any atom is -0.389 e. The van der Waals surface area contributed by atoms with Gasteiger partial charge < -0.3 is 10.0 Å². The van der Waals surface area contributed by atoms with Crippen LogP contribution < -0.4 is 4.90 Å². The summed E-state index contributed by atoms with van der Waals surface area (Å²) in [5, 5.41) is 9.60. The zero-order chi connectivity index (χ0) is 13.8. The highest BCUT2D eigenvalue weighted by atomic mass is 16.3. The Labute approximate surface area is 113 Å². The number of aryl methyl sites for hydroxylation is 1. The van der Waals surface area contributed by atoms with Gasteiger partial charge in [-0.05, 0) is 43.7 Å². The number of aliphatic hydroxyl groups excluding tert-OH is 1. The molecular weight excluding hydrogens is 238 g/mol. The summed E-state index contributed by atoms with van der Waals surface area (Å²) in [5.41, 5.74) is 2.89. The fraction of sp³-hybridized carbons (Fsp3) is 0.333. The zero-order valence-electron chi connectivity index (χ0n) is 11.5.